The minimum Gasteiger partial charge on any atom is -0.162 e. The predicted molar refractivity (Wildman–Crippen MR) is 68.0 cm³/mol. The molecule has 0 spiro atoms. The zero-order chi connectivity index (χ0) is 10.2. The molecule has 1 saturated heterocycles. The van der Waals surface area contributed by atoms with Crippen LogP contribution in [0.5, 0.6) is 0 Å². The normalized spacial score (nSPS) is 25.3. The van der Waals surface area contributed by atoms with Crippen molar-refractivity contribution in [1.29, 1.82) is 0 Å². The Morgan fingerprint density at radius 1 is 0.714 bits per heavy atom. The lowest BCUT2D eigenvalue weighted by Gasteiger charge is -2.15. The summed E-state index contributed by atoms with van der Waals surface area (Å²) in [6.45, 7) is 4.71. The molecule has 14 heavy (non-hydrogen) atoms. The molecule has 1 heteroatoms. The van der Waals surface area contributed by atoms with Gasteiger partial charge in [-0.3, -0.25) is 0 Å². The van der Waals surface area contributed by atoms with Crippen molar-refractivity contribution in [2.45, 2.75) is 58.8 Å². The molecule has 0 radical (unpaired) electrons. The van der Waals surface area contributed by atoms with Gasteiger partial charge in [-0.15, -0.1) is 0 Å². The summed E-state index contributed by atoms with van der Waals surface area (Å²) in [4.78, 5) is 0. The first-order valence-corrected chi connectivity index (χ1v) is 7.52. The molecule has 2 aliphatic rings. The third-order valence-electron chi connectivity index (χ3n) is 3.40. The van der Waals surface area contributed by atoms with Crippen LogP contribution in [0.1, 0.15) is 58.8 Å². The van der Waals surface area contributed by atoms with Crippen molar-refractivity contribution in [3.63, 3.8) is 0 Å². The van der Waals surface area contributed by atoms with E-state index in [1.807, 2.05) is 0 Å². The Morgan fingerprint density at radius 3 is 1.50 bits per heavy atom. The minimum atomic E-state index is 1.02. The van der Waals surface area contributed by atoms with Crippen LogP contribution in [-0.4, -0.2) is 11.5 Å². The molecule has 0 atom stereocenters. The summed E-state index contributed by atoms with van der Waals surface area (Å²) in [5.41, 5.74) is 0. The molecular formula is C13H26S. The quantitative estimate of drug-likeness (QED) is 0.561. The van der Waals surface area contributed by atoms with Crippen LogP contribution in [-0.2, 0) is 0 Å². The molecule has 0 amide bonds. The molecule has 0 N–H and O–H groups in total. The third kappa shape index (κ3) is 5.95. The maximum Gasteiger partial charge on any atom is -0.00650 e. The monoisotopic (exact) mass is 214 g/mol. The molecule has 0 aromatic carbocycles. The van der Waals surface area contributed by atoms with Crippen LogP contribution in [0.2, 0.25) is 0 Å². The van der Waals surface area contributed by atoms with Crippen molar-refractivity contribution in [1.82, 2.24) is 0 Å². The van der Waals surface area contributed by atoms with Gasteiger partial charge in [-0.05, 0) is 36.2 Å². The topological polar surface area (TPSA) is 0 Å². The van der Waals surface area contributed by atoms with Gasteiger partial charge in [-0.2, -0.15) is 11.8 Å². The summed E-state index contributed by atoms with van der Waals surface area (Å²) in [7, 11) is 0. The van der Waals surface area contributed by atoms with Crippen molar-refractivity contribution in [2.24, 2.45) is 11.8 Å². The fourth-order valence-electron chi connectivity index (χ4n) is 2.12. The van der Waals surface area contributed by atoms with E-state index < -0.39 is 0 Å². The lowest BCUT2D eigenvalue weighted by atomic mass is 9.91. The van der Waals surface area contributed by atoms with Gasteiger partial charge in [-0.25, -0.2) is 0 Å². The van der Waals surface area contributed by atoms with E-state index in [-0.39, 0.29) is 0 Å². The van der Waals surface area contributed by atoms with E-state index in [0.29, 0.717) is 0 Å². The lowest BCUT2D eigenvalue weighted by molar-refractivity contribution is 0.385. The maximum absolute atomic E-state index is 2.36. The van der Waals surface area contributed by atoms with Gasteiger partial charge in [0.1, 0.15) is 0 Å². The van der Waals surface area contributed by atoms with E-state index in [4.69, 9.17) is 0 Å². The van der Waals surface area contributed by atoms with Crippen LogP contribution in [0.25, 0.3) is 0 Å². The maximum atomic E-state index is 2.36. The van der Waals surface area contributed by atoms with Crippen LogP contribution < -0.4 is 0 Å². The van der Waals surface area contributed by atoms with Gasteiger partial charge in [-0.1, -0.05) is 46.0 Å². The van der Waals surface area contributed by atoms with Crippen LogP contribution in [0, 0.1) is 11.8 Å². The van der Waals surface area contributed by atoms with E-state index in [1.165, 1.54) is 56.5 Å². The van der Waals surface area contributed by atoms with Crippen molar-refractivity contribution in [3.05, 3.63) is 0 Å². The zero-order valence-electron chi connectivity index (χ0n) is 9.93. The molecule has 2 fully saturated rings. The van der Waals surface area contributed by atoms with Gasteiger partial charge < -0.3 is 0 Å². The largest absolute Gasteiger partial charge is 0.162 e. The summed E-state index contributed by atoms with van der Waals surface area (Å²) >= 11 is 2.10. The standard InChI is InChI=1S/C7H14.C6H12S/c1-7-5-3-2-4-6-7;1-6-2-4-7-5-3-6/h7H,2-6H2,1H3;6H,2-5H2,1H3. The SMILES string of the molecule is CC1CCCCC1.CC1CCSCC1. The Bertz CT molecular complexity index is 105. The summed E-state index contributed by atoms with van der Waals surface area (Å²) in [6, 6.07) is 0. The molecule has 2 rings (SSSR count). The highest BCUT2D eigenvalue weighted by Gasteiger charge is 2.06. The Kier molecular flexibility index (Phi) is 6.76. The number of thioether (sulfide) groups is 1. The van der Waals surface area contributed by atoms with E-state index in [2.05, 4.69) is 25.6 Å². The minimum absolute atomic E-state index is 1.02. The molecule has 1 heterocycles. The summed E-state index contributed by atoms with van der Waals surface area (Å²) < 4.78 is 0. The van der Waals surface area contributed by atoms with Gasteiger partial charge in [0.2, 0.25) is 0 Å². The zero-order valence-corrected chi connectivity index (χ0v) is 10.7. The average molecular weight is 214 g/mol. The molecule has 1 saturated carbocycles. The van der Waals surface area contributed by atoms with Gasteiger partial charge in [0, 0.05) is 0 Å². The highest BCUT2D eigenvalue weighted by molar-refractivity contribution is 7.99. The van der Waals surface area contributed by atoms with Crippen LogP contribution in [0.3, 0.4) is 0 Å². The second-order valence-electron chi connectivity index (χ2n) is 5.04. The Balaban J connectivity index is 0.000000140. The Morgan fingerprint density at radius 2 is 1.21 bits per heavy atom. The molecule has 1 aliphatic heterocycles. The Hall–Kier alpha value is 0.350. The van der Waals surface area contributed by atoms with Gasteiger partial charge >= 0.3 is 0 Å². The van der Waals surface area contributed by atoms with Crippen molar-refractivity contribution < 1.29 is 0 Å². The third-order valence-corrected chi connectivity index (χ3v) is 4.45. The van der Waals surface area contributed by atoms with Crippen LogP contribution in [0.15, 0.2) is 0 Å². The first-order chi connectivity index (χ1) is 6.79. The second kappa shape index (κ2) is 7.62. The second-order valence-corrected chi connectivity index (χ2v) is 6.26. The molecule has 0 nitrogen and oxygen atoms in total. The molecule has 0 aromatic heterocycles. The summed E-state index contributed by atoms with van der Waals surface area (Å²) in [6.07, 6.45) is 10.3. The molecule has 0 bridgehead atoms. The highest BCUT2D eigenvalue weighted by Crippen LogP contribution is 2.22. The molecular weight excluding hydrogens is 188 g/mol. The van der Waals surface area contributed by atoms with Crippen molar-refractivity contribution >= 4 is 11.8 Å². The number of rotatable bonds is 0. The fourth-order valence-corrected chi connectivity index (χ4v) is 3.46. The first kappa shape index (κ1) is 12.4. The smallest absolute Gasteiger partial charge is 0.00650 e. The van der Waals surface area contributed by atoms with E-state index >= 15 is 0 Å². The van der Waals surface area contributed by atoms with Gasteiger partial charge in [0.05, 0.1) is 0 Å². The highest BCUT2D eigenvalue weighted by atomic mass is 32.2. The first-order valence-electron chi connectivity index (χ1n) is 6.37. The van der Waals surface area contributed by atoms with Gasteiger partial charge in [0.15, 0.2) is 0 Å². The van der Waals surface area contributed by atoms with E-state index in [9.17, 15) is 0 Å². The Labute approximate surface area is 94.2 Å². The fraction of sp³-hybridized carbons (Fsp3) is 1.00. The van der Waals surface area contributed by atoms with Crippen molar-refractivity contribution in [2.75, 3.05) is 11.5 Å². The molecule has 84 valence electrons. The van der Waals surface area contributed by atoms with Crippen LogP contribution >= 0.6 is 11.8 Å². The summed E-state index contributed by atoms with van der Waals surface area (Å²) in [5.74, 6) is 4.86. The van der Waals surface area contributed by atoms with E-state index in [0.717, 1.165) is 11.8 Å². The molecule has 0 unspecified atom stereocenters. The van der Waals surface area contributed by atoms with Crippen LogP contribution in [0.4, 0.5) is 0 Å². The lowest BCUT2D eigenvalue weighted by Crippen LogP contribution is -2.04. The van der Waals surface area contributed by atoms with Gasteiger partial charge in [0.25, 0.3) is 0 Å². The molecule has 1 aliphatic carbocycles. The average Bonchev–Trinajstić information content (AvgIpc) is 2.21. The summed E-state index contributed by atoms with van der Waals surface area (Å²) in [5, 5.41) is 0. The number of hydrogen-bond donors (Lipinski definition) is 0. The van der Waals surface area contributed by atoms with E-state index in [1.54, 1.807) is 0 Å². The van der Waals surface area contributed by atoms with Crippen molar-refractivity contribution in [3.8, 4) is 0 Å². The number of hydrogen-bond acceptors (Lipinski definition) is 1. The predicted octanol–water partition coefficient (Wildman–Crippen LogP) is 4.74. The molecule has 0 aromatic rings.